The van der Waals surface area contributed by atoms with Crippen molar-refractivity contribution in [3.63, 3.8) is 0 Å². The van der Waals surface area contributed by atoms with Gasteiger partial charge in [0.1, 0.15) is 0 Å². The molecule has 0 bridgehead atoms. The molecule has 3 rings (SSSR count). The fraction of sp³-hybridized carbons (Fsp3) is 0.385. The second-order valence-electron chi connectivity index (χ2n) is 8.06. The van der Waals surface area contributed by atoms with Gasteiger partial charge in [-0.25, -0.2) is 0 Å². The maximum atomic E-state index is 3.48. The van der Waals surface area contributed by atoms with E-state index in [1.807, 2.05) is 19.4 Å². The van der Waals surface area contributed by atoms with Crippen LogP contribution in [0, 0.1) is 5.92 Å². The maximum Gasteiger partial charge on any atom is 0.0419 e. The van der Waals surface area contributed by atoms with E-state index in [0.29, 0.717) is 5.92 Å². The summed E-state index contributed by atoms with van der Waals surface area (Å²) in [6.07, 6.45) is 10.9. The van der Waals surface area contributed by atoms with Gasteiger partial charge < -0.3 is 10.6 Å². The summed E-state index contributed by atoms with van der Waals surface area (Å²) in [4.78, 5) is 0. The smallest absolute Gasteiger partial charge is 0.0419 e. The molecular weight excluding hydrogens is 340 g/mol. The summed E-state index contributed by atoms with van der Waals surface area (Å²) in [5.41, 5.74) is 8.19. The van der Waals surface area contributed by atoms with Crippen LogP contribution in [0.25, 0.3) is 5.57 Å². The van der Waals surface area contributed by atoms with Crippen LogP contribution in [-0.2, 0) is 6.42 Å². The molecule has 0 radical (unpaired) electrons. The van der Waals surface area contributed by atoms with Crippen LogP contribution in [0.4, 0.5) is 5.69 Å². The van der Waals surface area contributed by atoms with Gasteiger partial charge in [0, 0.05) is 25.1 Å². The lowest BCUT2D eigenvalue weighted by Gasteiger charge is -2.15. The molecule has 0 heterocycles. The predicted octanol–water partition coefficient (Wildman–Crippen LogP) is 6.71. The zero-order valence-corrected chi connectivity index (χ0v) is 17.8. The van der Waals surface area contributed by atoms with Crippen molar-refractivity contribution in [3.8, 4) is 0 Å². The largest absolute Gasteiger partial charge is 0.393 e. The van der Waals surface area contributed by atoms with Crippen LogP contribution in [0.1, 0.15) is 68.2 Å². The minimum Gasteiger partial charge on any atom is -0.393 e. The van der Waals surface area contributed by atoms with Crippen molar-refractivity contribution in [2.45, 2.75) is 52.4 Å². The highest BCUT2D eigenvalue weighted by Crippen LogP contribution is 2.41. The van der Waals surface area contributed by atoms with Gasteiger partial charge in [-0.3, -0.25) is 0 Å². The number of nitrogens with one attached hydrogen (secondary N) is 2. The number of hydrogen-bond acceptors (Lipinski definition) is 2. The summed E-state index contributed by atoms with van der Waals surface area (Å²) in [6, 6.07) is 16.0. The third-order valence-corrected chi connectivity index (χ3v) is 5.37. The van der Waals surface area contributed by atoms with E-state index in [-0.39, 0.29) is 0 Å². The van der Waals surface area contributed by atoms with Gasteiger partial charge in [0.05, 0.1) is 0 Å². The summed E-state index contributed by atoms with van der Waals surface area (Å²) >= 11 is 0. The lowest BCUT2D eigenvalue weighted by Crippen LogP contribution is -2.01. The molecule has 0 aliphatic heterocycles. The SMILES string of the molecule is CC/C=C(\c1cccc(Cc2ccc(C3CC3)cc2N/C=C/NC)c1)C(C)C. The van der Waals surface area contributed by atoms with Gasteiger partial charge in [-0.05, 0) is 71.4 Å². The minimum absolute atomic E-state index is 0.539. The van der Waals surface area contributed by atoms with Crippen molar-refractivity contribution < 1.29 is 0 Å². The molecule has 0 amide bonds. The highest BCUT2D eigenvalue weighted by atomic mass is 14.9. The maximum absolute atomic E-state index is 3.48. The van der Waals surface area contributed by atoms with E-state index in [9.17, 15) is 0 Å². The Morgan fingerprint density at radius 2 is 1.93 bits per heavy atom. The Kier molecular flexibility index (Phi) is 6.97. The van der Waals surface area contributed by atoms with Gasteiger partial charge in [-0.15, -0.1) is 0 Å². The fourth-order valence-corrected chi connectivity index (χ4v) is 3.76. The van der Waals surface area contributed by atoms with Gasteiger partial charge in [0.2, 0.25) is 0 Å². The lowest BCUT2D eigenvalue weighted by molar-refractivity contribution is 0.850. The Morgan fingerprint density at radius 3 is 2.61 bits per heavy atom. The first-order chi connectivity index (χ1) is 13.6. The Morgan fingerprint density at radius 1 is 1.11 bits per heavy atom. The van der Waals surface area contributed by atoms with Gasteiger partial charge in [-0.1, -0.05) is 63.2 Å². The zero-order valence-electron chi connectivity index (χ0n) is 17.8. The van der Waals surface area contributed by atoms with Gasteiger partial charge in [0.15, 0.2) is 0 Å². The highest BCUT2D eigenvalue weighted by molar-refractivity contribution is 5.68. The zero-order chi connectivity index (χ0) is 19.9. The van der Waals surface area contributed by atoms with Crippen LogP contribution in [0.15, 0.2) is 60.9 Å². The third-order valence-electron chi connectivity index (χ3n) is 5.37. The summed E-state index contributed by atoms with van der Waals surface area (Å²) in [5.74, 6) is 1.30. The first-order valence-corrected chi connectivity index (χ1v) is 10.6. The molecule has 2 nitrogen and oxygen atoms in total. The topological polar surface area (TPSA) is 24.1 Å². The number of allylic oxidation sites excluding steroid dienone is 2. The van der Waals surface area contributed by atoms with Crippen LogP contribution in [0.2, 0.25) is 0 Å². The second-order valence-corrected chi connectivity index (χ2v) is 8.06. The van der Waals surface area contributed by atoms with Crippen LogP contribution in [0.5, 0.6) is 0 Å². The molecule has 2 heteroatoms. The Labute approximate surface area is 170 Å². The van der Waals surface area contributed by atoms with E-state index in [1.165, 1.54) is 46.4 Å². The van der Waals surface area contributed by atoms with Crippen molar-refractivity contribution in [2.24, 2.45) is 5.92 Å². The monoisotopic (exact) mass is 374 g/mol. The summed E-state index contributed by atoms with van der Waals surface area (Å²) in [6.45, 7) is 6.77. The van der Waals surface area contributed by atoms with Crippen LogP contribution in [0.3, 0.4) is 0 Å². The van der Waals surface area contributed by atoms with E-state index in [1.54, 1.807) is 0 Å². The van der Waals surface area contributed by atoms with E-state index >= 15 is 0 Å². The van der Waals surface area contributed by atoms with E-state index in [2.05, 4.69) is 79.9 Å². The molecule has 28 heavy (non-hydrogen) atoms. The van der Waals surface area contributed by atoms with Crippen molar-refractivity contribution in [1.82, 2.24) is 5.32 Å². The standard InChI is InChI=1S/C26H34N2/c1-5-7-25(19(2)3)23-9-6-8-20(16-23)17-24-13-12-22(21-10-11-21)18-26(24)28-15-14-27-4/h6-9,12-16,18-19,21,27-28H,5,10-11,17H2,1-4H3/b15-14+,25-7-. The quantitative estimate of drug-likeness (QED) is 0.510. The van der Waals surface area contributed by atoms with Crippen molar-refractivity contribution >= 4 is 11.3 Å². The van der Waals surface area contributed by atoms with Crippen LogP contribution in [-0.4, -0.2) is 7.05 Å². The molecule has 1 aliphatic rings. The molecule has 0 atom stereocenters. The molecule has 148 valence electrons. The highest BCUT2D eigenvalue weighted by Gasteiger charge is 2.24. The molecule has 0 spiro atoms. The molecule has 0 aromatic heterocycles. The normalized spacial score (nSPS) is 14.7. The molecule has 2 aromatic carbocycles. The van der Waals surface area contributed by atoms with Crippen molar-refractivity contribution in [2.75, 3.05) is 12.4 Å². The number of benzene rings is 2. The van der Waals surface area contributed by atoms with Crippen LogP contribution >= 0.6 is 0 Å². The molecule has 2 N–H and O–H groups in total. The average molecular weight is 375 g/mol. The summed E-state index contributed by atoms with van der Waals surface area (Å²) < 4.78 is 0. The predicted molar refractivity (Wildman–Crippen MR) is 123 cm³/mol. The van der Waals surface area contributed by atoms with E-state index in [4.69, 9.17) is 0 Å². The lowest BCUT2D eigenvalue weighted by atomic mass is 9.91. The number of anilines is 1. The summed E-state index contributed by atoms with van der Waals surface area (Å²) in [7, 11) is 1.92. The van der Waals surface area contributed by atoms with Crippen molar-refractivity contribution in [3.05, 3.63) is 83.2 Å². The van der Waals surface area contributed by atoms with Gasteiger partial charge in [-0.2, -0.15) is 0 Å². The molecule has 1 aliphatic carbocycles. The molecule has 0 saturated heterocycles. The molecule has 0 unspecified atom stereocenters. The van der Waals surface area contributed by atoms with Crippen LogP contribution < -0.4 is 10.6 Å². The number of hydrogen-bond donors (Lipinski definition) is 2. The average Bonchev–Trinajstić information content (AvgIpc) is 3.53. The van der Waals surface area contributed by atoms with Gasteiger partial charge >= 0.3 is 0 Å². The Bertz CT molecular complexity index is 841. The number of rotatable bonds is 9. The molecule has 2 aromatic rings. The summed E-state index contributed by atoms with van der Waals surface area (Å²) in [5, 5.41) is 6.53. The minimum atomic E-state index is 0.539. The van der Waals surface area contributed by atoms with Crippen molar-refractivity contribution in [1.29, 1.82) is 0 Å². The van der Waals surface area contributed by atoms with Gasteiger partial charge in [0.25, 0.3) is 0 Å². The molecule has 1 fully saturated rings. The third kappa shape index (κ3) is 5.28. The fourth-order valence-electron chi connectivity index (χ4n) is 3.76. The molecular formula is C26H34N2. The Hall–Kier alpha value is -2.48. The second kappa shape index (κ2) is 9.64. The first-order valence-electron chi connectivity index (χ1n) is 10.6. The van der Waals surface area contributed by atoms with E-state index < -0.39 is 0 Å². The van der Waals surface area contributed by atoms with E-state index in [0.717, 1.165) is 18.8 Å². The Balaban J connectivity index is 1.87. The first kappa shape index (κ1) is 20.3. The molecule has 1 saturated carbocycles.